The number of alkyl halides is 3. The quantitative estimate of drug-likeness (QED) is 0.884. The molecule has 1 aromatic carbocycles. The summed E-state index contributed by atoms with van der Waals surface area (Å²) in [5, 5.41) is 0. The normalized spacial score (nSPS) is 16.1. The minimum Gasteiger partial charge on any atom is -0.406 e. The van der Waals surface area contributed by atoms with E-state index in [9.17, 15) is 13.2 Å². The molecule has 1 fully saturated rings. The first-order chi connectivity index (χ1) is 11.4. The molecule has 24 heavy (non-hydrogen) atoms. The third kappa shape index (κ3) is 3.96. The predicted molar refractivity (Wildman–Crippen MR) is 84.4 cm³/mol. The number of benzene rings is 1. The second-order valence-corrected chi connectivity index (χ2v) is 5.94. The zero-order valence-electron chi connectivity index (χ0n) is 13.0. The van der Waals surface area contributed by atoms with Crippen LogP contribution in [-0.4, -0.2) is 16.3 Å². The van der Waals surface area contributed by atoms with Gasteiger partial charge in [-0.25, -0.2) is 9.97 Å². The third-order valence-corrected chi connectivity index (χ3v) is 4.22. The lowest BCUT2D eigenvalue weighted by Crippen LogP contribution is -2.17. The highest BCUT2D eigenvalue weighted by Gasteiger charge is 2.31. The van der Waals surface area contributed by atoms with E-state index in [1.807, 2.05) is 0 Å². The van der Waals surface area contributed by atoms with Gasteiger partial charge < -0.3 is 10.5 Å². The van der Waals surface area contributed by atoms with Crippen molar-refractivity contribution in [3.63, 3.8) is 0 Å². The Morgan fingerprint density at radius 2 is 1.88 bits per heavy atom. The number of hydrogen-bond acceptors (Lipinski definition) is 4. The Morgan fingerprint density at radius 1 is 1.12 bits per heavy atom. The summed E-state index contributed by atoms with van der Waals surface area (Å²) in [6.07, 6.45) is 2.49. The zero-order chi connectivity index (χ0) is 17.2. The van der Waals surface area contributed by atoms with Gasteiger partial charge in [-0.05, 0) is 30.9 Å². The van der Waals surface area contributed by atoms with Crippen LogP contribution in [0.1, 0.15) is 43.6 Å². The number of rotatable bonds is 3. The van der Waals surface area contributed by atoms with Crippen LogP contribution in [0.25, 0.3) is 11.3 Å². The van der Waals surface area contributed by atoms with Gasteiger partial charge in [0.1, 0.15) is 5.75 Å². The minimum absolute atomic E-state index is 0.103. The SMILES string of the molecule is Nc1ncc(C2CCCCC2)c(-c2cccc(OC(F)(F)F)c2)n1. The van der Waals surface area contributed by atoms with Crippen molar-refractivity contribution < 1.29 is 17.9 Å². The molecule has 0 saturated heterocycles. The molecule has 0 amide bonds. The van der Waals surface area contributed by atoms with E-state index < -0.39 is 6.36 Å². The third-order valence-electron chi connectivity index (χ3n) is 4.22. The lowest BCUT2D eigenvalue weighted by molar-refractivity contribution is -0.274. The minimum atomic E-state index is -4.73. The first-order valence-corrected chi connectivity index (χ1v) is 7.91. The summed E-state index contributed by atoms with van der Waals surface area (Å²) in [5.41, 5.74) is 7.77. The maximum Gasteiger partial charge on any atom is 0.573 e. The van der Waals surface area contributed by atoms with Crippen LogP contribution in [0.2, 0.25) is 0 Å². The van der Waals surface area contributed by atoms with Crippen LogP contribution >= 0.6 is 0 Å². The Labute approximate surface area is 137 Å². The van der Waals surface area contributed by atoms with Crippen molar-refractivity contribution in [2.24, 2.45) is 0 Å². The van der Waals surface area contributed by atoms with Crippen molar-refractivity contribution in [2.75, 3.05) is 5.73 Å². The van der Waals surface area contributed by atoms with Gasteiger partial charge in [-0.15, -0.1) is 13.2 Å². The molecule has 2 aromatic rings. The maximum absolute atomic E-state index is 12.4. The highest BCUT2D eigenvalue weighted by Crippen LogP contribution is 2.38. The predicted octanol–water partition coefficient (Wildman–Crippen LogP) is 4.67. The van der Waals surface area contributed by atoms with Crippen molar-refractivity contribution in [1.82, 2.24) is 9.97 Å². The highest BCUT2D eigenvalue weighted by atomic mass is 19.4. The second kappa shape index (κ2) is 6.67. The molecule has 1 aliphatic rings. The average molecular weight is 337 g/mol. The maximum atomic E-state index is 12.4. The molecule has 1 aromatic heterocycles. The van der Waals surface area contributed by atoms with Gasteiger partial charge in [-0.2, -0.15) is 0 Å². The Morgan fingerprint density at radius 3 is 2.58 bits per heavy atom. The highest BCUT2D eigenvalue weighted by molar-refractivity contribution is 5.66. The van der Waals surface area contributed by atoms with E-state index >= 15 is 0 Å². The number of halogens is 3. The van der Waals surface area contributed by atoms with Crippen LogP contribution < -0.4 is 10.5 Å². The van der Waals surface area contributed by atoms with Crippen LogP contribution in [0.5, 0.6) is 5.75 Å². The van der Waals surface area contributed by atoms with E-state index in [4.69, 9.17) is 5.73 Å². The van der Waals surface area contributed by atoms with E-state index in [0.717, 1.165) is 31.2 Å². The lowest BCUT2D eigenvalue weighted by atomic mass is 9.83. The first kappa shape index (κ1) is 16.5. The molecule has 0 aliphatic heterocycles. The Bertz CT molecular complexity index is 712. The number of nitrogen functional groups attached to an aromatic ring is 1. The zero-order valence-corrected chi connectivity index (χ0v) is 13.0. The van der Waals surface area contributed by atoms with Crippen molar-refractivity contribution in [1.29, 1.82) is 0 Å². The topological polar surface area (TPSA) is 61.0 Å². The lowest BCUT2D eigenvalue weighted by Gasteiger charge is -2.23. The van der Waals surface area contributed by atoms with E-state index in [2.05, 4.69) is 14.7 Å². The van der Waals surface area contributed by atoms with Gasteiger partial charge in [0.15, 0.2) is 0 Å². The molecule has 0 atom stereocenters. The fraction of sp³-hybridized carbons (Fsp3) is 0.412. The molecule has 0 spiro atoms. The molecule has 1 heterocycles. The van der Waals surface area contributed by atoms with Crippen LogP contribution in [-0.2, 0) is 0 Å². The van der Waals surface area contributed by atoms with E-state index in [0.29, 0.717) is 17.2 Å². The standard InChI is InChI=1S/C17H18F3N3O/c18-17(19,20)24-13-8-4-7-12(9-13)15-14(10-22-16(21)23-15)11-5-2-1-3-6-11/h4,7-11H,1-3,5-6H2,(H2,21,22,23). The largest absolute Gasteiger partial charge is 0.573 e. The summed E-state index contributed by atoms with van der Waals surface area (Å²) < 4.78 is 41.3. The van der Waals surface area contributed by atoms with Crippen LogP contribution in [0.4, 0.5) is 19.1 Å². The van der Waals surface area contributed by atoms with Gasteiger partial charge in [0.05, 0.1) is 5.69 Å². The number of aromatic nitrogens is 2. The summed E-state index contributed by atoms with van der Waals surface area (Å²) >= 11 is 0. The summed E-state index contributed by atoms with van der Waals surface area (Å²) in [5.74, 6) is 0.139. The molecule has 1 saturated carbocycles. The number of ether oxygens (including phenoxy) is 1. The van der Waals surface area contributed by atoms with Gasteiger partial charge in [0, 0.05) is 17.3 Å². The Balaban J connectivity index is 1.99. The molecule has 4 nitrogen and oxygen atoms in total. The summed E-state index contributed by atoms with van der Waals surface area (Å²) in [6.45, 7) is 0. The van der Waals surface area contributed by atoms with E-state index in [1.165, 1.54) is 24.6 Å². The molecule has 0 radical (unpaired) electrons. The Hall–Kier alpha value is -2.31. The van der Waals surface area contributed by atoms with E-state index in [1.54, 1.807) is 12.3 Å². The molecular formula is C17H18F3N3O. The molecule has 2 N–H and O–H groups in total. The second-order valence-electron chi connectivity index (χ2n) is 5.94. The summed E-state index contributed by atoms with van der Waals surface area (Å²) in [4.78, 5) is 8.36. The van der Waals surface area contributed by atoms with Crippen LogP contribution in [0, 0.1) is 0 Å². The molecule has 0 bridgehead atoms. The van der Waals surface area contributed by atoms with Crippen molar-refractivity contribution in [3.8, 4) is 17.0 Å². The molecular weight excluding hydrogens is 319 g/mol. The fourth-order valence-corrected chi connectivity index (χ4v) is 3.19. The van der Waals surface area contributed by atoms with E-state index in [-0.39, 0.29) is 11.7 Å². The number of nitrogens with zero attached hydrogens (tertiary/aromatic N) is 2. The number of nitrogens with two attached hydrogens (primary N) is 1. The Kier molecular flexibility index (Phi) is 4.59. The number of hydrogen-bond donors (Lipinski definition) is 1. The van der Waals surface area contributed by atoms with Crippen LogP contribution in [0.3, 0.4) is 0 Å². The molecule has 1 aliphatic carbocycles. The van der Waals surface area contributed by atoms with Gasteiger partial charge in [-0.3, -0.25) is 0 Å². The van der Waals surface area contributed by atoms with Crippen molar-refractivity contribution >= 4 is 5.95 Å². The van der Waals surface area contributed by atoms with Gasteiger partial charge in [-0.1, -0.05) is 31.4 Å². The molecule has 0 unspecified atom stereocenters. The van der Waals surface area contributed by atoms with Gasteiger partial charge >= 0.3 is 6.36 Å². The number of anilines is 1. The molecule has 7 heteroatoms. The summed E-state index contributed by atoms with van der Waals surface area (Å²) in [6, 6.07) is 5.82. The van der Waals surface area contributed by atoms with Crippen molar-refractivity contribution in [2.45, 2.75) is 44.4 Å². The monoisotopic (exact) mass is 337 g/mol. The smallest absolute Gasteiger partial charge is 0.406 e. The molecule has 3 rings (SSSR count). The van der Waals surface area contributed by atoms with Gasteiger partial charge in [0.2, 0.25) is 5.95 Å². The van der Waals surface area contributed by atoms with Crippen molar-refractivity contribution in [3.05, 3.63) is 36.0 Å². The summed E-state index contributed by atoms with van der Waals surface area (Å²) in [7, 11) is 0. The van der Waals surface area contributed by atoms with Crippen LogP contribution in [0.15, 0.2) is 30.5 Å². The molecule has 128 valence electrons. The average Bonchev–Trinajstić information content (AvgIpc) is 2.54. The fourth-order valence-electron chi connectivity index (χ4n) is 3.19. The van der Waals surface area contributed by atoms with Gasteiger partial charge in [0.25, 0.3) is 0 Å². The first-order valence-electron chi connectivity index (χ1n) is 7.91.